The van der Waals surface area contributed by atoms with Gasteiger partial charge in [-0.15, -0.1) is 0 Å². The standard InChI is InChI=1S/C13H16FN3O/c1-9(11-4-3-5-12(14)8-11)15-7-6-13-16-10(2)17-18-13/h3-5,8-9,15H,6-7H2,1-2H3. The number of hydrogen-bond donors (Lipinski definition) is 1. The molecule has 0 aliphatic carbocycles. The van der Waals surface area contributed by atoms with Crippen molar-refractivity contribution in [2.45, 2.75) is 26.3 Å². The fourth-order valence-corrected chi connectivity index (χ4v) is 1.73. The van der Waals surface area contributed by atoms with Crippen molar-refractivity contribution < 1.29 is 8.91 Å². The van der Waals surface area contributed by atoms with Gasteiger partial charge in [0.05, 0.1) is 0 Å². The van der Waals surface area contributed by atoms with Gasteiger partial charge in [-0.1, -0.05) is 17.3 Å². The van der Waals surface area contributed by atoms with Crippen LogP contribution in [0.4, 0.5) is 4.39 Å². The third-order valence-electron chi connectivity index (χ3n) is 2.71. The Balaban J connectivity index is 1.83. The average molecular weight is 249 g/mol. The van der Waals surface area contributed by atoms with E-state index in [9.17, 15) is 4.39 Å². The van der Waals surface area contributed by atoms with Gasteiger partial charge in [-0.2, -0.15) is 4.98 Å². The zero-order chi connectivity index (χ0) is 13.0. The zero-order valence-corrected chi connectivity index (χ0v) is 10.5. The van der Waals surface area contributed by atoms with Crippen LogP contribution in [-0.2, 0) is 6.42 Å². The lowest BCUT2D eigenvalue weighted by atomic mass is 10.1. The second-order valence-electron chi connectivity index (χ2n) is 4.22. The molecule has 0 amide bonds. The number of aryl methyl sites for hydroxylation is 1. The first-order valence-electron chi connectivity index (χ1n) is 5.93. The molecule has 2 aromatic rings. The first kappa shape index (κ1) is 12.7. The molecule has 1 unspecified atom stereocenters. The minimum absolute atomic E-state index is 0.0877. The van der Waals surface area contributed by atoms with Crippen molar-refractivity contribution in [3.8, 4) is 0 Å². The first-order chi connectivity index (χ1) is 8.65. The topological polar surface area (TPSA) is 51.0 Å². The lowest BCUT2D eigenvalue weighted by Gasteiger charge is -2.13. The van der Waals surface area contributed by atoms with E-state index < -0.39 is 0 Å². The van der Waals surface area contributed by atoms with E-state index in [0.29, 0.717) is 24.7 Å². The van der Waals surface area contributed by atoms with E-state index in [0.717, 1.165) is 5.56 Å². The molecule has 0 spiro atoms. The SMILES string of the molecule is Cc1noc(CCNC(C)c2cccc(F)c2)n1. The van der Waals surface area contributed by atoms with Crippen LogP contribution < -0.4 is 5.32 Å². The first-order valence-corrected chi connectivity index (χ1v) is 5.93. The number of benzene rings is 1. The molecule has 1 atom stereocenters. The predicted octanol–water partition coefficient (Wildman–Crippen LogP) is 2.41. The zero-order valence-electron chi connectivity index (χ0n) is 10.5. The summed E-state index contributed by atoms with van der Waals surface area (Å²) in [4.78, 5) is 4.12. The van der Waals surface area contributed by atoms with Crippen LogP contribution in [0.25, 0.3) is 0 Å². The summed E-state index contributed by atoms with van der Waals surface area (Å²) in [6, 6.07) is 6.68. The molecule has 0 bridgehead atoms. The van der Waals surface area contributed by atoms with Crippen molar-refractivity contribution in [3.05, 3.63) is 47.4 Å². The molecule has 2 rings (SSSR count). The maximum absolute atomic E-state index is 13.1. The van der Waals surface area contributed by atoms with Crippen molar-refractivity contribution >= 4 is 0 Å². The number of rotatable bonds is 5. The van der Waals surface area contributed by atoms with Gasteiger partial charge in [0.1, 0.15) is 5.82 Å². The largest absolute Gasteiger partial charge is 0.339 e. The molecule has 0 saturated heterocycles. The van der Waals surface area contributed by atoms with E-state index in [4.69, 9.17) is 4.52 Å². The molecule has 1 N–H and O–H groups in total. The van der Waals surface area contributed by atoms with Gasteiger partial charge < -0.3 is 9.84 Å². The van der Waals surface area contributed by atoms with Crippen LogP contribution in [0, 0.1) is 12.7 Å². The lowest BCUT2D eigenvalue weighted by Crippen LogP contribution is -2.21. The van der Waals surface area contributed by atoms with Gasteiger partial charge in [0.25, 0.3) is 0 Å². The molecular weight excluding hydrogens is 233 g/mol. The van der Waals surface area contributed by atoms with Crippen LogP contribution in [0.2, 0.25) is 0 Å². The predicted molar refractivity (Wildman–Crippen MR) is 65.6 cm³/mol. The van der Waals surface area contributed by atoms with E-state index in [1.807, 2.05) is 13.0 Å². The van der Waals surface area contributed by atoms with Gasteiger partial charge in [-0.3, -0.25) is 0 Å². The molecule has 1 aromatic heterocycles. The van der Waals surface area contributed by atoms with Crippen molar-refractivity contribution in [2.24, 2.45) is 0 Å². The van der Waals surface area contributed by atoms with E-state index >= 15 is 0 Å². The maximum atomic E-state index is 13.1. The molecule has 0 aliphatic heterocycles. The highest BCUT2D eigenvalue weighted by Crippen LogP contribution is 2.13. The third kappa shape index (κ3) is 3.37. The Morgan fingerprint density at radius 3 is 2.94 bits per heavy atom. The van der Waals surface area contributed by atoms with Crippen LogP contribution in [0.3, 0.4) is 0 Å². The lowest BCUT2D eigenvalue weighted by molar-refractivity contribution is 0.370. The van der Waals surface area contributed by atoms with E-state index in [1.54, 1.807) is 13.0 Å². The Hall–Kier alpha value is -1.75. The number of hydrogen-bond acceptors (Lipinski definition) is 4. The fraction of sp³-hybridized carbons (Fsp3) is 0.385. The van der Waals surface area contributed by atoms with E-state index in [-0.39, 0.29) is 11.9 Å². The minimum atomic E-state index is -0.214. The fourth-order valence-electron chi connectivity index (χ4n) is 1.73. The van der Waals surface area contributed by atoms with Gasteiger partial charge >= 0.3 is 0 Å². The molecule has 5 heteroatoms. The van der Waals surface area contributed by atoms with Crippen molar-refractivity contribution in [2.75, 3.05) is 6.54 Å². The van der Waals surface area contributed by atoms with Crippen molar-refractivity contribution in [1.82, 2.24) is 15.5 Å². The summed E-state index contributed by atoms with van der Waals surface area (Å²) in [5.41, 5.74) is 0.928. The summed E-state index contributed by atoms with van der Waals surface area (Å²) in [5.74, 6) is 1.04. The Labute approximate surface area is 105 Å². The molecule has 96 valence electrons. The molecule has 0 radical (unpaired) electrons. The van der Waals surface area contributed by atoms with Gasteiger partial charge in [0.15, 0.2) is 5.82 Å². The van der Waals surface area contributed by atoms with Gasteiger partial charge in [-0.05, 0) is 31.5 Å². The van der Waals surface area contributed by atoms with Gasteiger partial charge in [0.2, 0.25) is 5.89 Å². The summed E-state index contributed by atoms with van der Waals surface area (Å²) in [5, 5.41) is 7.01. The van der Waals surface area contributed by atoms with Crippen LogP contribution in [0.1, 0.15) is 30.2 Å². The highest BCUT2D eigenvalue weighted by Gasteiger charge is 2.07. The second kappa shape index (κ2) is 5.73. The molecule has 18 heavy (non-hydrogen) atoms. The molecular formula is C13H16FN3O. The second-order valence-corrected chi connectivity index (χ2v) is 4.22. The van der Waals surface area contributed by atoms with Crippen LogP contribution >= 0.6 is 0 Å². The number of nitrogens with one attached hydrogen (secondary N) is 1. The summed E-state index contributed by atoms with van der Waals surface area (Å²) < 4.78 is 18.1. The Kier molecular flexibility index (Phi) is 4.04. The summed E-state index contributed by atoms with van der Waals surface area (Å²) >= 11 is 0. The molecule has 1 aromatic carbocycles. The normalized spacial score (nSPS) is 12.6. The highest BCUT2D eigenvalue weighted by atomic mass is 19.1. The minimum Gasteiger partial charge on any atom is -0.339 e. The quantitative estimate of drug-likeness (QED) is 0.884. The van der Waals surface area contributed by atoms with Crippen molar-refractivity contribution in [3.63, 3.8) is 0 Å². The Morgan fingerprint density at radius 1 is 1.44 bits per heavy atom. The third-order valence-corrected chi connectivity index (χ3v) is 2.71. The van der Waals surface area contributed by atoms with Gasteiger partial charge in [0, 0.05) is 19.0 Å². The Morgan fingerprint density at radius 2 is 2.28 bits per heavy atom. The maximum Gasteiger partial charge on any atom is 0.227 e. The van der Waals surface area contributed by atoms with Crippen LogP contribution in [0.5, 0.6) is 0 Å². The highest BCUT2D eigenvalue weighted by molar-refractivity contribution is 5.19. The summed E-state index contributed by atoms with van der Waals surface area (Å²) in [6.45, 7) is 4.49. The Bertz CT molecular complexity index is 512. The van der Waals surface area contributed by atoms with E-state index in [1.165, 1.54) is 12.1 Å². The molecule has 0 saturated carbocycles. The van der Waals surface area contributed by atoms with Crippen molar-refractivity contribution in [1.29, 1.82) is 0 Å². The summed E-state index contributed by atoms with van der Waals surface area (Å²) in [7, 11) is 0. The molecule has 4 nitrogen and oxygen atoms in total. The smallest absolute Gasteiger partial charge is 0.227 e. The molecule has 0 aliphatic rings. The monoisotopic (exact) mass is 249 g/mol. The average Bonchev–Trinajstić information content (AvgIpc) is 2.75. The van der Waals surface area contributed by atoms with Crippen LogP contribution in [-0.4, -0.2) is 16.7 Å². The number of aromatic nitrogens is 2. The number of halogens is 1. The summed E-state index contributed by atoms with van der Waals surface area (Å²) in [6.07, 6.45) is 0.667. The van der Waals surface area contributed by atoms with Gasteiger partial charge in [-0.25, -0.2) is 4.39 Å². The molecule has 1 heterocycles. The number of nitrogens with zero attached hydrogens (tertiary/aromatic N) is 2. The van der Waals surface area contributed by atoms with E-state index in [2.05, 4.69) is 15.5 Å². The van der Waals surface area contributed by atoms with Crippen LogP contribution in [0.15, 0.2) is 28.8 Å². The molecule has 0 fully saturated rings.